The lowest BCUT2D eigenvalue weighted by Gasteiger charge is -2.23. The molecule has 0 radical (unpaired) electrons. The summed E-state index contributed by atoms with van der Waals surface area (Å²) >= 11 is 0. The van der Waals surface area contributed by atoms with Crippen LogP contribution in [0.25, 0.3) is 0 Å². The summed E-state index contributed by atoms with van der Waals surface area (Å²) in [5.41, 5.74) is -1.42. The molecule has 1 saturated carbocycles. The van der Waals surface area contributed by atoms with E-state index in [0.717, 1.165) is 19.3 Å². The van der Waals surface area contributed by atoms with E-state index in [0.29, 0.717) is 23.8 Å². The molecule has 0 unspecified atom stereocenters. The molecular weight excluding hydrogens is 309 g/mol. The molecule has 1 heterocycles. The summed E-state index contributed by atoms with van der Waals surface area (Å²) in [6, 6.07) is 0. The van der Waals surface area contributed by atoms with Crippen LogP contribution in [0.4, 0.5) is 26.3 Å². The van der Waals surface area contributed by atoms with Crippen LogP contribution < -0.4 is 0 Å². The Hall–Kier alpha value is -0.290. The molecule has 0 atom stereocenters. The van der Waals surface area contributed by atoms with Crippen molar-refractivity contribution in [1.82, 2.24) is 0 Å². The maximum atomic E-state index is 12.9. The van der Waals surface area contributed by atoms with Gasteiger partial charge in [-0.25, -0.2) is 0 Å². The number of hydrogen-bond acceptors (Lipinski definition) is 1. The summed E-state index contributed by atoms with van der Waals surface area (Å²) in [6.07, 6.45) is -6.19. The Balaban J connectivity index is 2.47. The van der Waals surface area contributed by atoms with Gasteiger partial charge in [0.1, 0.15) is 5.30 Å². The highest BCUT2D eigenvalue weighted by atomic mass is 32.5. The van der Waals surface area contributed by atoms with Crippen LogP contribution in [0.2, 0.25) is 0 Å². The van der Waals surface area contributed by atoms with Crippen LogP contribution in [0.15, 0.2) is 0 Å². The van der Waals surface area contributed by atoms with Gasteiger partial charge in [0.05, 0.1) is 5.56 Å². The van der Waals surface area contributed by atoms with Crippen LogP contribution in [0.5, 0.6) is 0 Å². The average molecular weight is 320 g/mol. The Labute approximate surface area is 111 Å². The van der Waals surface area contributed by atoms with Gasteiger partial charge in [-0.3, -0.25) is 0 Å². The van der Waals surface area contributed by atoms with E-state index < -0.39 is 23.2 Å². The lowest BCUT2D eigenvalue weighted by molar-refractivity contribution is -0.159. The van der Waals surface area contributed by atoms with E-state index in [-0.39, 0.29) is 18.2 Å². The Kier molecular flexibility index (Phi) is 4.17. The molecule has 0 N–H and O–H groups in total. The van der Waals surface area contributed by atoms with Gasteiger partial charge in [0.2, 0.25) is 0 Å². The Bertz CT molecular complexity index is 441. The third kappa shape index (κ3) is 3.24. The van der Waals surface area contributed by atoms with E-state index in [4.69, 9.17) is 0 Å². The van der Waals surface area contributed by atoms with Crippen LogP contribution in [0, 0.1) is 0 Å². The Morgan fingerprint density at radius 2 is 1.47 bits per heavy atom. The fourth-order valence-electron chi connectivity index (χ4n) is 2.41. The third-order valence-corrected chi connectivity index (χ3v) is 6.14. The van der Waals surface area contributed by atoms with Crippen molar-refractivity contribution in [2.45, 2.75) is 50.4 Å². The van der Waals surface area contributed by atoms with Crippen LogP contribution in [-0.4, -0.2) is 0 Å². The van der Waals surface area contributed by atoms with E-state index >= 15 is 0 Å². The van der Waals surface area contributed by atoms with Crippen molar-refractivity contribution in [3.8, 4) is 0 Å². The normalized spacial score (nSPS) is 19.3. The van der Waals surface area contributed by atoms with Crippen molar-refractivity contribution in [2.24, 2.45) is 0 Å². The smallest absolute Gasteiger partial charge is 0.166 e. The third-order valence-electron chi connectivity index (χ3n) is 3.25. The number of hydrogen-bond donors (Lipinski definition) is 0. The molecule has 0 saturated heterocycles. The van der Waals surface area contributed by atoms with E-state index in [9.17, 15) is 26.3 Å². The van der Waals surface area contributed by atoms with E-state index in [1.807, 2.05) is 0 Å². The highest BCUT2D eigenvalue weighted by Gasteiger charge is 2.47. The molecule has 1 aliphatic carbocycles. The molecule has 0 spiro atoms. The van der Waals surface area contributed by atoms with Crippen LogP contribution in [0.1, 0.15) is 53.8 Å². The summed E-state index contributed by atoms with van der Waals surface area (Å²) < 4.78 is 76.9. The predicted molar refractivity (Wildman–Crippen MR) is 62.7 cm³/mol. The highest BCUT2D eigenvalue weighted by molar-refractivity contribution is 7.81. The first kappa shape index (κ1) is 15.1. The number of halogens is 6. The second kappa shape index (κ2) is 5.24. The topological polar surface area (TPSA) is 0 Å². The lowest BCUT2D eigenvalue weighted by Crippen LogP contribution is -2.17. The van der Waals surface area contributed by atoms with Crippen LogP contribution in [0.3, 0.4) is 0 Å². The summed E-state index contributed by atoms with van der Waals surface area (Å²) in [5.74, 6) is -0.359. The number of alkyl halides is 6. The largest absolute Gasteiger partial charge is 0.422 e. The zero-order chi connectivity index (χ0) is 14.3. The zero-order valence-electron chi connectivity index (χ0n) is 9.74. The fraction of sp³-hybridized carbons (Fsp3) is 0.727. The summed E-state index contributed by atoms with van der Waals surface area (Å²) in [4.78, 5) is -0.0961. The molecule has 108 valence electrons. The highest BCUT2D eigenvalue weighted by Crippen LogP contribution is 2.53. The standard InChI is InChI=1S/C11H11F6PS/c12-10(13,14)7-8(6-4-2-1-3-5-6)19-18-9(7)11(15,16)17/h6H,1-5H2. The van der Waals surface area contributed by atoms with E-state index in [1.165, 1.54) is 0 Å². The van der Waals surface area contributed by atoms with Gasteiger partial charge in [-0.05, 0) is 18.8 Å². The van der Waals surface area contributed by atoms with Crippen molar-refractivity contribution >= 4 is 18.3 Å². The molecular formula is C11H11F6PS. The van der Waals surface area contributed by atoms with Crippen molar-refractivity contribution in [2.75, 3.05) is 0 Å². The van der Waals surface area contributed by atoms with Gasteiger partial charge in [0.25, 0.3) is 0 Å². The predicted octanol–water partition coefficient (Wildman–Crippen LogP) is 6.41. The van der Waals surface area contributed by atoms with Gasteiger partial charge < -0.3 is 0 Å². The lowest BCUT2D eigenvalue weighted by atomic mass is 9.86. The molecule has 0 aliphatic heterocycles. The molecule has 1 fully saturated rings. The molecule has 1 aromatic heterocycles. The minimum Gasteiger partial charge on any atom is -0.166 e. The van der Waals surface area contributed by atoms with Crippen molar-refractivity contribution in [3.63, 3.8) is 0 Å². The second-order valence-electron chi connectivity index (χ2n) is 4.60. The maximum absolute atomic E-state index is 12.9. The van der Waals surface area contributed by atoms with E-state index in [2.05, 4.69) is 0 Å². The van der Waals surface area contributed by atoms with Crippen molar-refractivity contribution in [1.29, 1.82) is 0 Å². The molecule has 2 rings (SSSR count). The molecule has 0 amide bonds. The molecule has 8 heteroatoms. The van der Waals surface area contributed by atoms with Crippen molar-refractivity contribution in [3.05, 3.63) is 15.7 Å². The first-order chi connectivity index (χ1) is 8.71. The van der Waals surface area contributed by atoms with E-state index in [1.54, 1.807) is 0 Å². The van der Waals surface area contributed by atoms with Gasteiger partial charge >= 0.3 is 12.4 Å². The molecule has 0 nitrogen and oxygen atoms in total. The zero-order valence-corrected chi connectivity index (χ0v) is 11.4. The molecule has 19 heavy (non-hydrogen) atoms. The first-order valence-electron chi connectivity index (χ1n) is 5.85. The molecule has 1 aromatic rings. The van der Waals surface area contributed by atoms with Gasteiger partial charge in [0, 0.05) is 12.2 Å². The quantitative estimate of drug-likeness (QED) is 0.524. The van der Waals surface area contributed by atoms with Gasteiger partial charge in [0.15, 0.2) is 0 Å². The summed E-state index contributed by atoms with van der Waals surface area (Å²) in [5, 5.41) is -1.44. The second-order valence-corrected chi connectivity index (χ2v) is 6.95. The Morgan fingerprint density at radius 3 is 1.95 bits per heavy atom. The molecule has 0 aromatic carbocycles. The average Bonchev–Trinajstić information content (AvgIpc) is 2.74. The molecule has 1 aliphatic rings. The summed E-state index contributed by atoms with van der Waals surface area (Å²) in [7, 11) is 0.356. The summed E-state index contributed by atoms with van der Waals surface area (Å²) in [6.45, 7) is 0. The minimum atomic E-state index is -4.92. The van der Waals surface area contributed by atoms with Crippen LogP contribution >= 0.6 is 18.3 Å². The number of rotatable bonds is 1. The monoisotopic (exact) mass is 320 g/mol. The SMILES string of the molecule is FC(F)(F)c1psc(C2CCCCC2)c1C(F)(F)F. The maximum Gasteiger partial charge on any atom is 0.422 e. The minimum absolute atomic E-state index is 0.0961. The Morgan fingerprint density at radius 1 is 0.895 bits per heavy atom. The van der Waals surface area contributed by atoms with Crippen molar-refractivity contribution < 1.29 is 26.3 Å². The van der Waals surface area contributed by atoms with Gasteiger partial charge in [-0.15, -0.1) is 10.9 Å². The first-order valence-corrected chi connectivity index (χ1v) is 8.17. The molecule has 0 bridgehead atoms. The fourth-order valence-corrected chi connectivity index (χ4v) is 5.69. The van der Waals surface area contributed by atoms with Gasteiger partial charge in [-0.2, -0.15) is 26.3 Å². The van der Waals surface area contributed by atoms with Gasteiger partial charge in [-0.1, -0.05) is 19.3 Å². The van der Waals surface area contributed by atoms with Crippen LogP contribution in [-0.2, 0) is 12.4 Å².